The predicted molar refractivity (Wildman–Crippen MR) is 72.3 cm³/mol. The van der Waals surface area contributed by atoms with Crippen LogP contribution in [0.5, 0.6) is 0 Å². The van der Waals surface area contributed by atoms with E-state index in [1.54, 1.807) is 6.07 Å². The van der Waals surface area contributed by atoms with Crippen molar-refractivity contribution in [3.63, 3.8) is 0 Å². The Balaban J connectivity index is 2.23. The number of halogens is 3. The monoisotopic (exact) mass is 286 g/mol. The summed E-state index contributed by atoms with van der Waals surface area (Å²) in [6.07, 6.45) is -1.62. The van der Waals surface area contributed by atoms with Crippen molar-refractivity contribution in [1.82, 2.24) is 0 Å². The third-order valence-electron chi connectivity index (χ3n) is 4.19. The minimum absolute atomic E-state index is 0.125. The minimum atomic E-state index is -4.21. The lowest BCUT2D eigenvalue weighted by molar-refractivity contribution is -0.201. The van der Waals surface area contributed by atoms with Crippen LogP contribution in [0.4, 0.5) is 13.2 Å². The summed E-state index contributed by atoms with van der Waals surface area (Å²) in [4.78, 5) is 0. The van der Waals surface area contributed by atoms with Crippen molar-refractivity contribution in [2.24, 2.45) is 5.92 Å². The highest BCUT2D eigenvalue weighted by Gasteiger charge is 2.47. The van der Waals surface area contributed by atoms with Crippen LogP contribution in [0.1, 0.15) is 50.2 Å². The van der Waals surface area contributed by atoms with Crippen LogP contribution >= 0.6 is 0 Å². The molecule has 4 heteroatoms. The largest absolute Gasteiger partial charge is 0.391 e. The fourth-order valence-electron chi connectivity index (χ4n) is 3.10. The summed E-state index contributed by atoms with van der Waals surface area (Å²) in [5.41, 5.74) is 0.382. The Morgan fingerprint density at radius 3 is 2.75 bits per heavy atom. The van der Waals surface area contributed by atoms with Crippen molar-refractivity contribution in [3.8, 4) is 0 Å². The summed E-state index contributed by atoms with van der Waals surface area (Å²) in [7, 11) is 0. The molecule has 20 heavy (non-hydrogen) atoms. The van der Waals surface area contributed by atoms with Crippen LogP contribution in [0, 0.1) is 5.92 Å². The zero-order valence-corrected chi connectivity index (χ0v) is 11.7. The molecule has 0 aliphatic heterocycles. The normalized spacial score (nSPS) is 27.6. The van der Waals surface area contributed by atoms with Crippen molar-refractivity contribution in [2.75, 3.05) is 0 Å². The second-order valence-corrected chi connectivity index (χ2v) is 5.82. The number of aryl methyl sites for hydroxylation is 1. The maximum Gasteiger partial charge on any atom is 0.391 e. The quantitative estimate of drug-likeness (QED) is 0.862. The van der Waals surface area contributed by atoms with Gasteiger partial charge in [0.25, 0.3) is 0 Å². The van der Waals surface area contributed by atoms with Crippen LogP contribution in [0.15, 0.2) is 24.3 Å². The lowest BCUT2D eigenvalue weighted by Crippen LogP contribution is -2.38. The second kappa shape index (κ2) is 5.76. The molecule has 1 aromatic rings. The molecule has 0 aromatic heterocycles. The Morgan fingerprint density at radius 2 is 2.10 bits per heavy atom. The van der Waals surface area contributed by atoms with Gasteiger partial charge in [-0.1, -0.05) is 37.6 Å². The highest BCUT2D eigenvalue weighted by molar-refractivity contribution is 5.29. The first-order valence-electron chi connectivity index (χ1n) is 7.23. The Hall–Kier alpha value is -1.03. The number of hydrogen-bond acceptors (Lipinski definition) is 1. The lowest BCUT2D eigenvalue weighted by atomic mass is 9.74. The summed E-state index contributed by atoms with van der Waals surface area (Å²) in [6, 6.07) is 7.40. The van der Waals surface area contributed by atoms with E-state index in [0.717, 1.165) is 18.4 Å². The lowest BCUT2D eigenvalue weighted by Gasteiger charge is -2.38. The first-order chi connectivity index (χ1) is 9.35. The van der Waals surface area contributed by atoms with Crippen molar-refractivity contribution >= 4 is 0 Å². The average molecular weight is 286 g/mol. The van der Waals surface area contributed by atoms with Gasteiger partial charge in [-0.2, -0.15) is 13.2 Å². The van der Waals surface area contributed by atoms with Gasteiger partial charge < -0.3 is 5.11 Å². The Morgan fingerprint density at radius 1 is 1.35 bits per heavy atom. The van der Waals surface area contributed by atoms with E-state index in [2.05, 4.69) is 6.92 Å². The molecule has 1 aliphatic carbocycles. The van der Waals surface area contributed by atoms with Gasteiger partial charge in [0.05, 0.1) is 11.5 Å². The highest BCUT2D eigenvalue weighted by Crippen LogP contribution is 2.46. The molecule has 0 saturated heterocycles. The SMILES string of the molecule is CCCc1cccc(C2(O)CCCC(C(F)(F)F)C2)c1. The van der Waals surface area contributed by atoms with E-state index in [-0.39, 0.29) is 12.8 Å². The van der Waals surface area contributed by atoms with E-state index >= 15 is 0 Å². The molecule has 1 saturated carbocycles. The van der Waals surface area contributed by atoms with Gasteiger partial charge in [-0.15, -0.1) is 0 Å². The summed E-state index contributed by atoms with van der Waals surface area (Å²) in [5.74, 6) is -1.39. The zero-order valence-electron chi connectivity index (χ0n) is 11.7. The van der Waals surface area contributed by atoms with Crippen LogP contribution < -0.4 is 0 Å². The first-order valence-corrected chi connectivity index (χ1v) is 7.23. The number of benzene rings is 1. The van der Waals surface area contributed by atoms with Crippen LogP contribution in [0.3, 0.4) is 0 Å². The maximum atomic E-state index is 12.9. The van der Waals surface area contributed by atoms with Crippen LogP contribution in [0.2, 0.25) is 0 Å². The molecule has 0 radical (unpaired) electrons. The third-order valence-corrected chi connectivity index (χ3v) is 4.19. The van der Waals surface area contributed by atoms with E-state index in [0.29, 0.717) is 18.4 Å². The average Bonchev–Trinajstić information content (AvgIpc) is 2.39. The van der Waals surface area contributed by atoms with Gasteiger partial charge in [0.2, 0.25) is 0 Å². The second-order valence-electron chi connectivity index (χ2n) is 5.82. The molecular weight excluding hydrogens is 265 g/mol. The maximum absolute atomic E-state index is 12.9. The highest BCUT2D eigenvalue weighted by atomic mass is 19.4. The van der Waals surface area contributed by atoms with Crippen LogP contribution in [0.25, 0.3) is 0 Å². The summed E-state index contributed by atoms with van der Waals surface area (Å²) < 4.78 is 38.7. The predicted octanol–water partition coefficient (Wildman–Crippen LogP) is 4.58. The fourth-order valence-corrected chi connectivity index (χ4v) is 3.10. The van der Waals surface area contributed by atoms with Gasteiger partial charge in [0.15, 0.2) is 0 Å². The molecule has 0 amide bonds. The molecule has 0 heterocycles. The van der Waals surface area contributed by atoms with E-state index in [9.17, 15) is 18.3 Å². The smallest absolute Gasteiger partial charge is 0.385 e. The number of hydrogen-bond donors (Lipinski definition) is 1. The Labute approximate surface area is 117 Å². The molecule has 2 atom stereocenters. The first kappa shape index (κ1) is 15.4. The van der Waals surface area contributed by atoms with Crippen LogP contribution in [-0.4, -0.2) is 11.3 Å². The van der Waals surface area contributed by atoms with Gasteiger partial charge in [-0.25, -0.2) is 0 Å². The molecule has 0 spiro atoms. The van der Waals surface area contributed by atoms with Crippen molar-refractivity contribution < 1.29 is 18.3 Å². The van der Waals surface area contributed by atoms with Gasteiger partial charge in [-0.05, 0) is 43.2 Å². The van der Waals surface area contributed by atoms with E-state index < -0.39 is 17.7 Å². The number of aliphatic hydroxyl groups is 1. The number of rotatable bonds is 3. The standard InChI is InChI=1S/C16H21F3O/c1-2-5-12-6-3-7-13(10-12)15(20)9-4-8-14(11-15)16(17,18)19/h3,6-7,10,14,20H,2,4-5,8-9,11H2,1H3. The number of alkyl halides is 3. The zero-order chi connectivity index (χ0) is 14.8. The fraction of sp³-hybridized carbons (Fsp3) is 0.625. The Bertz CT molecular complexity index is 455. The van der Waals surface area contributed by atoms with Crippen molar-refractivity contribution in [3.05, 3.63) is 35.4 Å². The molecule has 0 bridgehead atoms. The van der Waals surface area contributed by atoms with E-state index in [1.807, 2.05) is 18.2 Å². The Kier molecular flexibility index (Phi) is 4.43. The molecule has 1 aromatic carbocycles. The van der Waals surface area contributed by atoms with Crippen LogP contribution in [-0.2, 0) is 12.0 Å². The summed E-state index contributed by atoms with van der Waals surface area (Å²) in [6.45, 7) is 2.06. The summed E-state index contributed by atoms with van der Waals surface area (Å²) >= 11 is 0. The molecule has 1 nitrogen and oxygen atoms in total. The van der Waals surface area contributed by atoms with Gasteiger partial charge in [0, 0.05) is 0 Å². The third kappa shape index (κ3) is 3.35. The van der Waals surface area contributed by atoms with Gasteiger partial charge >= 0.3 is 6.18 Å². The molecule has 2 unspecified atom stereocenters. The molecule has 1 aliphatic rings. The van der Waals surface area contributed by atoms with Crippen molar-refractivity contribution in [2.45, 2.75) is 57.2 Å². The van der Waals surface area contributed by atoms with Crippen molar-refractivity contribution in [1.29, 1.82) is 0 Å². The van der Waals surface area contributed by atoms with E-state index in [4.69, 9.17) is 0 Å². The minimum Gasteiger partial charge on any atom is -0.385 e. The van der Waals surface area contributed by atoms with Gasteiger partial charge in [0.1, 0.15) is 0 Å². The van der Waals surface area contributed by atoms with Gasteiger partial charge in [-0.3, -0.25) is 0 Å². The topological polar surface area (TPSA) is 20.2 Å². The molecule has 2 rings (SSSR count). The molecule has 1 fully saturated rings. The van der Waals surface area contributed by atoms with E-state index in [1.165, 1.54) is 0 Å². The molecule has 112 valence electrons. The molecule has 1 N–H and O–H groups in total. The summed E-state index contributed by atoms with van der Waals surface area (Å²) in [5, 5.41) is 10.7. The molecular formula is C16H21F3O.